The van der Waals surface area contributed by atoms with Gasteiger partial charge in [0.15, 0.2) is 0 Å². The summed E-state index contributed by atoms with van der Waals surface area (Å²) in [6, 6.07) is 7.35. The average molecular weight is 393 g/mol. The van der Waals surface area contributed by atoms with Gasteiger partial charge in [0, 0.05) is 34.5 Å². The first-order chi connectivity index (χ1) is 12.4. The molecule has 1 amide bonds. The van der Waals surface area contributed by atoms with Gasteiger partial charge < -0.3 is 9.88 Å². The van der Waals surface area contributed by atoms with Crippen LogP contribution in [0.25, 0.3) is 10.9 Å². The fourth-order valence-corrected chi connectivity index (χ4v) is 4.74. The second-order valence-corrected chi connectivity index (χ2v) is 8.75. The molecule has 4 nitrogen and oxygen atoms in total. The summed E-state index contributed by atoms with van der Waals surface area (Å²) >= 11 is 7.48. The fourth-order valence-electron chi connectivity index (χ4n) is 3.69. The average Bonchev–Trinajstić information content (AvgIpc) is 2.61. The standard InChI is InChI=1S/C20H25ClN2O2S/c1-12-5-4-6-16(13(12)2)22-19(24)11-26-18-10-20(25)23(3)17-9-14(21)7-8-15(17)18/h7-10,12-13,16H,4-6,11H2,1-3H3,(H,22,24)/t12-,13+,16-/m1/s1. The Morgan fingerprint density at radius 1 is 1.31 bits per heavy atom. The van der Waals surface area contributed by atoms with Crippen molar-refractivity contribution in [2.24, 2.45) is 18.9 Å². The van der Waals surface area contributed by atoms with Crippen LogP contribution in [-0.2, 0) is 11.8 Å². The summed E-state index contributed by atoms with van der Waals surface area (Å²) < 4.78 is 1.58. The van der Waals surface area contributed by atoms with Gasteiger partial charge in [0.2, 0.25) is 5.91 Å². The van der Waals surface area contributed by atoms with Crippen molar-refractivity contribution in [2.45, 2.75) is 44.0 Å². The van der Waals surface area contributed by atoms with Crippen molar-refractivity contribution in [1.29, 1.82) is 0 Å². The zero-order chi connectivity index (χ0) is 18.8. The molecule has 1 heterocycles. The molecule has 0 aliphatic heterocycles. The number of hydrogen-bond donors (Lipinski definition) is 1. The Morgan fingerprint density at radius 2 is 2.08 bits per heavy atom. The van der Waals surface area contributed by atoms with Crippen molar-refractivity contribution in [3.05, 3.63) is 39.6 Å². The molecule has 3 atom stereocenters. The third-order valence-electron chi connectivity index (χ3n) is 5.58. The number of thioether (sulfide) groups is 1. The molecule has 140 valence electrons. The molecule has 2 aromatic rings. The van der Waals surface area contributed by atoms with Crippen molar-refractivity contribution in [3.63, 3.8) is 0 Å². The topological polar surface area (TPSA) is 51.1 Å². The SMILES string of the molecule is C[C@H]1[C@H](C)CCC[C@H]1NC(=O)CSc1cc(=O)n(C)c2cc(Cl)ccc12. The van der Waals surface area contributed by atoms with E-state index in [1.165, 1.54) is 24.6 Å². The summed E-state index contributed by atoms with van der Waals surface area (Å²) in [6.45, 7) is 4.48. The molecule has 0 unspecified atom stereocenters. The molecular weight excluding hydrogens is 368 g/mol. The predicted octanol–water partition coefficient (Wildman–Crippen LogP) is 4.22. The van der Waals surface area contributed by atoms with Gasteiger partial charge in [-0.2, -0.15) is 0 Å². The molecule has 26 heavy (non-hydrogen) atoms. The Kier molecular flexibility index (Phi) is 5.98. The van der Waals surface area contributed by atoms with E-state index >= 15 is 0 Å². The van der Waals surface area contributed by atoms with Crippen molar-refractivity contribution in [3.8, 4) is 0 Å². The predicted molar refractivity (Wildman–Crippen MR) is 109 cm³/mol. The van der Waals surface area contributed by atoms with Crippen LogP contribution in [0.4, 0.5) is 0 Å². The Balaban J connectivity index is 1.72. The smallest absolute Gasteiger partial charge is 0.251 e. The second kappa shape index (κ2) is 8.05. The Morgan fingerprint density at radius 3 is 2.85 bits per heavy atom. The lowest BCUT2D eigenvalue weighted by atomic mass is 9.78. The maximum atomic E-state index is 12.4. The van der Waals surface area contributed by atoms with Crippen LogP contribution in [0.5, 0.6) is 0 Å². The summed E-state index contributed by atoms with van der Waals surface area (Å²) in [5.41, 5.74) is 0.681. The molecule has 3 rings (SSSR count). The molecule has 1 aromatic heterocycles. The van der Waals surface area contributed by atoms with Crippen LogP contribution < -0.4 is 10.9 Å². The molecule has 1 aromatic carbocycles. The minimum Gasteiger partial charge on any atom is -0.352 e. The Bertz CT molecular complexity index is 880. The molecule has 0 saturated heterocycles. The van der Waals surface area contributed by atoms with E-state index in [0.29, 0.717) is 22.6 Å². The lowest BCUT2D eigenvalue weighted by molar-refractivity contribution is -0.119. The van der Waals surface area contributed by atoms with E-state index in [4.69, 9.17) is 11.6 Å². The second-order valence-electron chi connectivity index (χ2n) is 7.30. The first kappa shape index (κ1) is 19.3. The lowest BCUT2D eigenvalue weighted by Crippen LogP contribution is -2.44. The van der Waals surface area contributed by atoms with E-state index in [0.717, 1.165) is 22.2 Å². The van der Waals surface area contributed by atoms with Crippen molar-refractivity contribution < 1.29 is 4.79 Å². The van der Waals surface area contributed by atoms with Gasteiger partial charge in [-0.15, -0.1) is 11.8 Å². The van der Waals surface area contributed by atoms with Crippen molar-refractivity contribution >= 4 is 40.2 Å². The molecule has 0 spiro atoms. The molecule has 1 saturated carbocycles. The Labute approximate surface area is 163 Å². The highest BCUT2D eigenvalue weighted by atomic mass is 35.5. The van der Waals surface area contributed by atoms with E-state index < -0.39 is 0 Å². The van der Waals surface area contributed by atoms with Gasteiger partial charge in [-0.05, 0) is 30.4 Å². The summed E-state index contributed by atoms with van der Waals surface area (Å²) in [4.78, 5) is 25.5. The Hall–Kier alpha value is -1.46. The molecule has 0 bridgehead atoms. The van der Waals surface area contributed by atoms with E-state index in [1.54, 1.807) is 23.7 Å². The molecular formula is C20H25ClN2O2S. The number of nitrogens with one attached hydrogen (secondary N) is 1. The number of rotatable bonds is 4. The minimum atomic E-state index is -0.0996. The summed E-state index contributed by atoms with van der Waals surface area (Å²) in [5, 5.41) is 4.72. The molecule has 6 heteroatoms. The number of aromatic nitrogens is 1. The normalized spacial score (nSPS) is 23.2. The first-order valence-electron chi connectivity index (χ1n) is 9.08. The number of fused-ring (bicyclic) bond motifs is 1. The van der Waals surface area contributed by atoms with Gasteiger partial charge in [0.25, 0.3) is 5.56 Å². The number of halogens is 1. The summed E-state index contributed by atoms with van der Waals surface area (Å²) in [7, 11) is 1.73. The van der Waals surface area contributed by atoms with E-state index in [9.17, 15) is 9.59 Å². The third-order valence-corrected chi connectivity index (χ3v) is 6.87. The highest BCUT2D eigenvalue weighted by Crippen LogP contribution is 2.30. The van der Waals surface area contributed by atoms with Gasteiger partial charge >= 0.3 is 0 Å². The molecule has 1 aliphatic rings. The van der Waals surface area contributed by atoms with E-state index in [2.05, 4.69) is 19.2 Å². The van der Waals surface area contributed by atoms with Crippen molar-refractivity contribution in [2.75, 3.05) is 5.75 Å². The van der Waals surface area contributed by atoms with E-state index in [1.807, 2.05) is 12.1 Å². The highest BCUT2D eigenvalue weighted by molar-refractivity contribution is 8.00. The summed E-state index contributed by atoms with van der Waals surface area (Å²) in [5.74, 6) is 1.49. The maximum absolute atomic E-state index is 12.4. The number of pyridine rings is 1. The number of nitrogens with zero attached hydrogens (tertiary/aromatic N) is 1. The van der Waals surface area contributed by atoms with Crippen LogP contribution >= 0.6 is 23.4 Å². The largest absolute Gasteiger partial charge is 0.352 e. The van der Waals surface area contributed by atoms with Gasteiger partial charge in [-0.3, -0.25) is 9.59 Å². The van der Waals surface area contributed by atoms with Crippen molar-refractivity contribution in [1.82, 2.24) is 9.88 Å². The lowest BCUT2D eigenvalue weighted by Gasteiger charge is -2.34. The molecule has 1 fully saturated rings. The third kappa shape index (κ3) is 4.09. The van der Waals surface area contributed by atoms with Gasteiger partial charge in [0.05, 0.1) is 11.3 Å². The number of amides is 1. The number of carbonyl (C=O) groups excluding carboxylic acids is 1. The number of benzene rings is 1. The first-order valence-corrected chi connectivity index (χ1v) is 10.4. The molecule has 1 aliphatic carbocycles. The minimum absolute atomic E-state index is 0.0312. The van der Waals surface area contributed by atoms with E-state index in [-0.39, 0.29) is 17.5 Å². The van der Waals surface area contributed by atoms with Crippen LogP contribution in [0.2, 0.25) is 5.02 Å². The number of carbonyl (C=O) groups is 1. The fraction of sp³-hybridized carbons (Fsp3) is 0.500. The van der Waals surface area contributed by atoms with Crippen LogP contribution in [0.1, 0.15) is 33.1 Å². The number of aryl methyl sites for hydroxylation is 1. The van der Waals surface area contributed by atoms with Crippen LogP contribution in [0.3, 0.4) is 0 Å². The number of hydrogen-bond acceptors (Lipinski definition) is 3. The zero-order valence-electron chi connectivity index (χ0n) is 15.4. The maximum Gasteiger partial charge on any atom is 0.251 e. The van der Waals surface area contributed by atoms with Crippen LogP contribution in [-0.4, -0.2) is 22.3 Å². The van der Waals surface area contributed by atoms with Gasteiger partial charge in [-0.25, -0.2) is 0 Å². The summed E-state index contributed by atoms with van der Waals surface area (Å²) in [6.07, 6.45) is 3.46. The quantitative estimate of drug-likeness (QED) is 0.792. The zero-order valence-corrected chi connectivity index (χ0v) is 17.0. The van der Waals surface area contributed by atoms with Crippen LogP contribution in [0, 0.1) is 11.8 Å². The monoisotopic (exact) mass is 392 g/mol. The molecule has 1 N–H and O–H groups in total. The van der Waals surface area contributed by atoms with Gasteiger partial charge in [-0.1, -0.05) is 44.4 Å². The highest BCUT2D eigenvalue weighted by Gasteiger charge is 2.28. The molecule has 0 radical (unpaired) electrons. The van der Waals surface area contributed by atoms with Gasteiger partial charge in [0.1, 0.15) is 0 Å². The van der Waals surface area contributed by atoms with Crippen LogP contribution in [0.15, 0.2) is 34.0 Å².